The Labute approximate surface area is 185 Å². The Balaban J connectivity index is 1.65. The topological polar surface area (TPSA) is 83.1 Å². The second-order valence-electron chi connectivity index (χ2n) is 7.97. The quantitative estimate of drug-likeness (QED) is 0.457. The van der Waals surface area contributed by atoms with Crippen molar-refractivity contribution in [3.8, 4) is 0 Å². The molecule has 1 amide bonds. The average Bonchev–Trinajstić information content (AvgIpc) is 3.34. The van der Waals surface area contributed by atoms with Gasteiger partial charge in [-0.1, -0.05) is 11.8 Å². The first-order chi connectivity index (χ1) is 14.3. The van der Waals surface area contributed by atoms with Gasteiger partial charge in [0.1, 0.15) is 0 Å². The van der Waals surface area contributed by atoms with E-state index in [1.165, 1.54) is 0 Å². The molecule has 0 saturated heterocycles. The number of nitrogens with zero attached hydrogens (tertiary/aromatic N) is 3. The number of carbonyl (C=O) groups is 1. The van der Waals surface area contributed by atoms with Gasteiger partial charge in [0.05, 0.1) is 28.2 Å². The molecule has 0 saturated carbocycles. The standard InChI is InChI=1S/C21H29N5O2S2/c1-21(2,28-5)8-9-29-20-25-16-7-6-14(11-18(16)30-20)24-19(27)17(26(3)4)10-15-12-22-13-23-15/h6-7,11-13,17H,8-10H2,1-5H3,(H,22,23)(H,24,27). The van der Waals surface area contributed by atoms with E-state index in [2.05, 4.69) is 29.1 Å². The van der Waals surface area contributed by atoms with Crippen LogP contribution in [0.25, 0.3) is 10.2 Å². The third-order valence-electron chi connectivity index (χ3n) is 5.01. The second kappa shape index (κ2) is 9.91. The van der Waals surface area contributed by atoms with E-state index in [0.717, 1.165) is 38.1 Å². The summed E-state index contributed by atoms with van der Waals surface area (Å²) in [4.78, 5) is 26.6. The number of aromatic nitrogens is 3. The molecular weight excluding hydrogens is 418 g/mol. The number of amides is 1. The van der Waals surface area contributed by atoms with E-state index in [0.29, 0.717) is 6.42 Å². The van der Waals surface area contributed by atoms with Gasteiger partial charge in [-0.2, -0.15) is 0 Å². The summed E-state index contributed by atoms with van der Waals surface area (Å²) in [5, 5.41) is 3.05. The number of hydrogen-bond acceptors (Lipinski definition) is 7. The fourth-order valence-corrected chi connectivity index (χ4v) is 5.29. The number of hydrogen-bond donors (Lipinski definition) is 2. The van der Waals surface area contributed by atoms with Crippen LogP contribution in [0.3, 0.4) is 0 Å². The summed E-state index contributed by atoms with van der Waals surface area (Å²) in [6, 6.07) is 5.57. The molecule has 0 spiro atoms. The van der Waals surface area contributed by atoms with Gasteiger partial charge in [0.15, 0.2) is 4.34 Å². The summed E-state index contributed by atoms with van der Waals surface area (Å²) in [5.74, 6) is 0.900. The maximum atomic E-state index is 12.9. The molecule has 0 aliphatic heterocycles. The van der Waals surface area contributed by atoms with Gasteiger partial charge in [0.25, 0.3) is 0 Å². The monoisotopic (exact) mass is 447 g/mol. The lowest BCUT2D eigenvalue weighted by atomic mass is 10.1. The van der Waals surface area contributed by atoms with Gasteiger partial charge < -0.3 is 15.0 Å². The summed E-state index contributed by atoms with van der Waals surface area (Å²) >= 11 is 3.39. The summed E-state index contributed by atoms with van der Waals surface area (Å²) in [5.41, 5.74) is 2.54. The van der Waals surface area contributed by atoms with Crippen LogP contribution in [0.5, 0.6) is 0 Å². The number of likely N-dealkylation sites (N-methyl/N-ethyl adjacent to an activating group) is 1. The van der Waals surface area contributed by atoms with Gasteiger partial charge in [-0.05, 0) is 52.6 Å². The van der Waals surface area contributed by atoms with Crippen LogP contribution in [0.4, 0.5) is 5.69 Å². The number of fused-ring (bicyclic) bond motifs is 1. The molecule has 0 aliphatic carbocycles. The van der Waals surface area contributed by atoms with Crippen LogP contribution in [-0.4, -0.2) is 64.4 Å². The van der Waals surface area contributed by atoms with Crippen molar-refractivity contribution in [2.75, 3.05) is 32.3 Å². The van der Waals surface area contributed by atoms with Crippen LogP contribution in [0.2, 0.25) is 0 Å². The highest BCUT2D eigenvalue weighted by molar-refractivity contribution is 8.01. The van der Waals surface area contributed by atoms with Crippen molar-refractivity contribution in [1.29, 1.82) is 0 Å². The Kier molecular flexibility index (Phi) is 7.51. The molecule has 162 valence electrons. The number of rotatable bonds is 10. The van der Waals surface area contributed by atoms with Crippen LogP contribution >= 0.6 is 23.1 Å². The number of carbonyl (C=O) groups excluding carboxylic acids is 1. The Morgan fingerprint density at radius 3 is 2.87 bits per heavy atom. The van der Waals surface area contributed by atoms with E-state index in [4.69, 9.17) is 9.72 Å². The molecule has 0 radical (unpaired) electrons. The number of thioether (sulfide) groups is 1. The zero-order valence-electron chi connectivity index (χ0n) is 18.1. The first-order valence-corrected chi connectivity index (χ1v) is 11.6. The Bertz CT molecular complexity index is 969. The Morgan fingerprint density at radius 1 is 1.40 bits per heavy atom. The minimum absolute atomic E-state index is 0.0464. The molecule has 1 unspecified atom stereocenters. The molecule has 1 aromatic carbocycles. The summed E-state index contributed by atoms with van der Waals surface area (Å²) in [7, 11) is 5.55. The second-order valence-corrected chi connectivity index (χ2v) is 10.3. The molecule has 2 aromatic heterocycles. The van der Waals surface area contributed by atoms with Crippen molar-refractivity contribution in [2.45, 2.75) is 42.7 Å². The lowest BCUT2D eigenvalue weighted by Gasteiger charge is -2.22. The third kappa shape index (κ3) is 6.04. The van der Waals surface area contributed by atoms with Crippen LogP contribution in [0, 0.1) is 0 Å². The zero-order valence-corrected chi connectivity index (χ0v) is 19.7. The lowest BCUT2D eigenvalue weighted by molar-refractivity contribution is -0.120. The fourth-order valence-electron chi connectivity index (χ4n) is 2.87. The molecule has 0 aliphatic rings. The van der Waals surface area contributed by atoms with E-state index in [1.54, 1.807) is 42.7 Å². The first-order valence-electron chi connectivity index (χ1n) is 9.80. The van der Waals surface area contributed by atoms with Gasteiger partial charge in [-0.3, -0.25) is 9.69 Å². The summed E-state index contributed by atoms with van der Waals surface area (Å²) in [6.45, 7) is 4.18. The normalized spacial score (nSPS) is 13.1. The fraction of sp³-hybridized carbons (Fsp3) is 0.476. The number of thiazole rings is 1. The number of ether oxygens (including phenoxy) is 1. The van der Waals surface area contributed by atoms with Gasteiger partial charge >= 0.3 is 0 Å². The lowest BCUT2D eigenvalue weighted by Crippen LogP contribution is -2.41. The summed E-state index contributed by atoms with van der Waals surface area (Å²) < 4.78 is 7.58. The SMILES string of the molecule is COC(C)(C)CCSc1nc2ccc(NC(=O)C(Cc3cnc[nH]3)N(C)C)cc2s1. The van der Waals surface area contributed by atoms with Gasteiger partial charge in [-0.15, -0.1) is 11.3 Å². The maximum absolute atomic E-state index is 12.9. The van der Waals surface area contributed by atoms with Gasteiger partial charge in [-0.25, -0.2) is 9.97 Å². The number of anilines is 1. The number of methoxy groups -OCH3 is 1. The molecule has 1 atom stereocenters. The van der Waals surface area contributed by atoms with Crippen molar-refractivity contribution in [3.63, 3.8) is 0 Å². The maximum Gasteiger partial charge on any atom is 0.242 e. The average molecular weight is 448 g/mol. The van der Waals surface area contributed by atoms with Crippen molar-refractivity contribution < 1.29 is 9.53 Å². The first kappa shape index (κ1) is 22.7. The number of imidazole rings is 1. The number of H-pyrrole nitrogens is 1. The highest BCUT2D eigenvalue weighted by Crippen LogP contribution is 2.32. The highest BCUT2D eigenvalue weighted by Gasteiger charge is 2.22. The molecule has 7 nitrogen and oxygen atoms in total. The van der Waals surface area contributed by atoms with E-state index in [9.17, 15) is 4.79 Å². The van der Waals surface area contributed by atoms with Crippen molar-refractivity contribution in [1.82, 2.24) is 19.9 Å². The van der Waals surface area contributed by atoms with E-state index in [1.807, 2.05) is 37.2 Å². The molecule has 0 fully saturated rings. The predicted molar refractivity (Wildman–Crippen MR) is 124 cm³/mol. The molecule has 30 heavy (non-hydrogen) atoms. The molecule has 2 N–H and O–H groups in total. The van der Waals surface area contributed by atoms with Crippen LogP contribution in [-0.2, 0) is 16.0 Å². The van der Waals surface area contributed by atoms with E-state index < -0.39 is 0 Å². The zero-order chi connectivity index (χ0) is 21.7. The third-order valence-corrected chi connectivity index (χ3v) is 7.18. The molecule has 3 rings (SSSR count). The highest BCUT2D eigenvalue weighted by atomic mass is 32.2. The minimum Gasteiger partial charge on any atom is -0.379 e. The molecular formula is C21H29N5O2S2. The molecule has 3 aromatic rings. The van der Waals surface area contributed by atoms with Crippen LogP contribution in [0.1, 0.15) is 26.0 Å². The van der Waals surface area contributed by atoms with E-state index in [-0.39, 0.29) is 17.6 Å². The number of nitrogens with one attached hydrogen (secondary N) is 2. The van der Waals surface area contributed by atoms with Crippen molar-refractivity contribution in [3.05, 3.63) is 36.4 Å². The number of benzene rings is 1. The van der Waals surface area contributed by atoms with Gasteiger partial charge in [0.2, 0.25) is 5.91 Å². The molecule has 2 heterocycles. The summed E-state index contributed by atoms with van der Waals surface area (Å²) in [6.07, 6.45) is 4.90. The van der Waals surface area contributed by atoms with Crippen molar-refractivity contribution >= 4 is 44.9 Å². The molecule has 9 heteroatoms. The minimum atomic E-state index is -0.294. The predicted octanol–water partition coefficient (Wildman–Crippen LogP) is 4.04. The molecule has 0 bridgehead atoms. The largest absolute Gasteiger partial charge is 0.379 e. The van der Waals surface area contributed by atoms with E-state index >= 15 is 0 Å². The van der Waals surface area contributed by atoms with Gasteiger partial charge in [0, 0.05) is 36.9 Å². The smallest absolute Gasteiger partial charge is 0.242 e. The Morgan fingerprint density at radius 2 is 2.20 bits per heavy atom. The van der Waals surface area contributed by atoms with Crippen LogP contribution < -0.4 is 5.32 Å². The number of aromatic amines is 1. The van der Waals surface area contributed by atoms with Crippen molar-refractivity contribution in [2.24, 2.45) is 0 Å². The van der Waals surface area contributed by atoms with Crippen LogP contribution in [0.15, 0.2) is 35.1 Å². The Hall–Kier alpha value is -1.94.